The highest BCUT2D eigenvalue weighted by atomic mass is 19.1. The third kappa shape index (κ3) is 3.60. The molecule has 2 aliphatic rings. The van der Waals surface area contributed by atoms with E-state index in [0.29, 0.717) is 56.6 Å². The van der Waals surface area contributed by atoms with E-state index in [9.17, 15) is 13.6 Å². The summed E-state index contributed by atoms with van der Waals surface area (Å²) in [5.74, 6) is 0.174. The third-order valence-electron chi connectivity index (χ3n) is 4.62. The van der Waals surface area contributed by atoms with Crippen LogP contribution in [0.25, 0.3) is 0 Å². The lowest BCUT2D eigenvalue weighted by molar-refractivity contribution is 0.172. The molecule has 0 atom stereocenters. The Bertz CT molecular complexity index is 854. The number of anilines is 2. The average molecular weight is 375 g/mol. The monoisotopic (exact) mass is 375 g/mol. The van der Waals surface area contributed by atoms with Gasteiger partial charge in [-0.3, -0.25) is 0 Å². The molecule has 142 valence electrons. The molecule has 0 spiro atoms. The Kier molecular flexibility index (Phi) is 4.70. The maximum atomic E-state index is 13.9. The molecule has 8 heteroatoms. The van der Waals surface area contributed by atoms with Gasteiger partial charge in [-0.2, -0.15) is 0 Å². The van der Waals surface area contributed by atoms with Crippen LogP contribution < -0.4 is 19.7 Å². The van der Waals surface area contributed by atoms with Crippen LogP contribution in [0.3, 0.4) is 0 Å². The van der Waals surface area contributed by atoms with Crippen molar-refractivity contribution in [2.75, 3.05) is 49.6 Å². The zero-order chi connectivity index (χ0) is 18.8. The molecule has 27 heavy (non-hydrogen) atoms. The SMILES string of the molecule is O=C(Nc1cccc2c1OCCO2)N1CCN(c2cc(F)ccc2F)CC1. The summed E-state index contributed by atoms with van der Waals surface area (Å²) in [6.45, 7) is 2.53. The first kappa shape index (κ1) is 17.4. The maximum absolute atomic E-state index is 13.9. The van der Waals surface area contributed by atoms with Crippen molar-refractivity contribution in [1.29, 1.82) is 0 Å². The Morgan fingerprint density at radius 3 is 2.59 bits per heavy atom. The number of hydrogen-bond acceptors (Lipinski definition) is 4. The van der Waals surface area contributed by atoms with Crippen LogP contribution >= 0.6 is 0 Å². The van der Waals surface area contributed by atoms with E-state index in [-0.39, 0.29) is 11.7 Å². The highest BCUT2D eigenvalue weighted by Crippen LogP contribution is 2.37. The topological polar surface area (TPSA) is 54.0 Å². The number of benzene rings is 2. The van der Waals surface area contributed by atoms with Gasteiger partial charge in [0.15, 0.2) is 11.5 Å². The number of amides is 2. The van der Waals surface area contributed by atoms with E-state index in [1.807, 2.05) is 0 Å². The molecule has 0 aromatic heterocycles. The quantitative estimate of drug-likeness (QED) is 0.877. The lowest BCUT2D eigenvalue weighted by Crippen LogP contribution is -2.50. The Morgan fingerprint density at radius 2 is 1.78 bits per heavy atom. The summed E-state index contributed by atoms with van der Waals surface area (Å²) in [5.41, 5.74) is 0.772. The summed E-state index contributed by atoms with van der Waals surface area (Å²) in [5, 5.41) is 2.84. The standard InChI is InChI=1S/C19H19F2N3O3/c20-13-4-5-14(21)16(12-13)23-6-8-24(9-7-23)19(25)22-15-2-1-3-17-18(15)27-11-10-26-17/h1-5,12H,6-11H2,(H,22,25). The van der Waals surface area contributed by atoms with Crippen LogP contribution in [0.5, 0.6) is 11.5 Å². The predicted molar refractivity (Wildman–Crippen MR) is 96.6 cm³/mol. The molecule has 0 radical (unpaired) electrons. The number of halogens is 2. The van der Waals surface area contributed by atoms with E-state index in [0.717, 1.165) is 12.1 Å². The van der Waals surface area contributed by atoms with Crippen molar-refractivity contribution in [2.45, 2.75) is 0 Å². The first-order valence-corrected chi connectivity index (χ1v) is 8.76. The first-order valence-electron chi connectivity index (χ1n) is 8.76. The largest absolute Gasteiger partial charge is 0.486 e. The van der Waals surface area contributed by atoms with Crippen molar-refractivity contribution in [2.24, 2.45) is 0 Å². The summed E-state index contributed by atoms with van der Waals surface area (Å²) < 4.78 is 38.4. The zero-order valence-electron chi connectivity index (χ0n) is 14.6. The number of para-hydroxylation sites is 1. The van der Waals surface area contributed by atoms with Gasteiger partial charge < -0.3 is 24.6 Å². The number of hydrogen-bond donors (Lipinski definition) is 1. The summed E-state index contributed by atoms with van der Waals surface area (Å²) in [6, 6.07) is 8.45. The number of nitrogens with zero attached hydrogens (tertiary/aromatic N) is 2. The molecule has 1 fully saturated rings. The van der Waals surface area contributed by atoms with E-state index in [1.54, 1.807) is 28.0 Å². The third-order valence-corrected chi connectivity index (χ3v) is 4.62. The van der Waals surface area contributed by atoms with Gasteiger partial charge in [-0.1, -0.05) is 6.07 Å². The number of nitrogens with one attached hydrogen (secondary N) is 1. The van der Waals surface area contributed by atoms with Gasteiger partial charge >= 0.3 is 6.03 Å². The van der Waals surface area contributed by atoms with Crippen LogP contribution in [0.15, 0.2) is 36.4 Å². The van der Waals surface area contributed by atoms with Crippen LogP contribution in [-0.2, 0) is 0 Å². The molecule has 0 unspecified atom stereocenters. The summed E-state index contributed by atoms with van der Waals surface area (Å²) >= 11 is 0. The van der Waals surface area contributed by atoms with E-state index < -0.39 is 11.6 Å². The minimum absolute atomic E-state index is 0.220. The average Bonchev–Trinajstić information content (AvgIpc) is 2.70. The number of urea groups is 1. The van der Waals surface area contributed by atoms with Crippen molar-refractivity contribution >= 4 is 17.4 Å². The molecular weight excluding hydrogens is 356 g/mol. The fourth-order valence-electron chi connectivity index (χ4n) is 3.25. The second-order valence-corrected chi connectivity index (χ2v) is 6.33. The molecule has 2 aliphatic heterocycles. The first-order chi connectivity index (χ1) is 13.1. The summed E-state index contributed by atoms with van der Waals surface area (Å²) in [4.78, 5) is 16.0. The zero-order valence-corrected chi connectivity index (χ0v) is 14.6. The van der Waals surface area contributed by atoms with E-state index >= 15 is 0 Å². The minimum Gasteiger partial charge on any atom is -0.486 e. The van der Waals surface area contributed by atoms with Crippen LogP contribution in [0, 0.1) is 11.6 Å². The molecule has 0 saturated carbocycles. The molecule has 4 rings (SSSR count). The lowest BCUT2D eigenvalue weighted by Gasteiger charge is -2.36. The molecule has 1 saturated heterocycles. The van der Waals surface area contributed by atoms with Crippen LogP contribution in [-0.4, -0.2) is 50.3 Å². The fraction of sp³-hybridized carbons (Fsp3) is 0.316. The van der Waals surface area contributed by atoms with Gasteiger partial charge in [-0.15, -0.1) is 0 Å². The second-order valence-electron chi connectivity index (χ2n) is 6.33. The number of fused-ring (bicyclic) bond motifs is 1. The number of carbonyl (C=O) groups is 1. The van der Waals surface area contributed by atoms with E-state index in [1.165, 1.54) is 6.07 Å². The van der Waals surface area contributed by atoms with E-state index in [4.69, 9.17) is 9.47 Å². The summed E-state index contributed by atoms with van der Waals surface area (Å²) in [6.07, 6.45) is 0. The molecule has 1 N–H and O–H groups in total. The molecule has 2 heterocycles. The molecule has 2 aromatic carbocycles. The fourth-order valence-corrected chi connectivity index (χ4v) is 3.25. The van der Waals surface area contributed by atoms with Gasteiger partial charge in [-0.05, 0) is 24.3 Å². The molecule has 6 nitrogen and oxygen atoms in total. The van der Waals surface area contributed by atoms with Crippen molar-refractivity contribution in [1.82, 2.24) is 4.90 Å². The van der Waals surface area contributed by atoms with E-state index in [2.05, 4.69) is 5.32 Å². The minimum atomic E-state index is -0.484. The van der Waals surface area contributed by atoms with Crippen molar-refractivity contribution in [3.63, 3.8) is 0 Å². The van der Waals surface area contributed by atoms with Gasteiger partial charge in [0.2, 0.25) is 0 Å². The molecule has 0 aliphatic carbocycles. The maximum Gasteiger partial charge on any atom is 0.322 e. The number of carbonyl (C=O) groups excluding carboxylic acids is 1. The van der Waals surface area contributed by atoms with Gasteiger partial charge in [0.25, 0.3) is 0 Å². The van der Waals surface area contributed by atoms with Gasteiger partial charge in [0, 0.05) is 32.2 Å². The second kappa shape index (κ2) is 7.30. The molecule has 2 amide bonds. The van der Waals surface area contributed by atoms with Gasteiger partial charge in [0.05, 0.1) is 11.4 Å². The number of piperazine rings is 1. The number of ether oxygens (including phenoxy) is 2. The number of rotatable bonds is 2. The lowest BCUT2D eigenvalue weighted by atomic mass is 10.2. The molecule has 0 bridgehead atoms. The normalized spacial score (nSPS) is 16.2. The highest BCUT2D eigenvalue weighted by Gasteiger charge is 2.25. The van der Waals surface area contributed by atoms with Gasteiger partial charge in [0.1, 0.15) is 24.8 Å². The van der Waals surface area contributed by atoms with Crippen LogP contribution in [0.1, 0.15) is 0 Å². The Hall–Kier alpha value is -3.03. The predicted octanol–water partition coefficient (Wildman–Crippen LogP) is 3.09. The molecular formula is C19H19F2N3O3. The summed E-state index contributed by atoms with van der Waals surface area (Å²) in [7, 11) is 0. The van der Waals surface area contributed by atoms with Crippen molar-refractivity contribution in [3.05, 3.63) is 48.0 Å². The Labute approximate surface area is 155 Å². The smallest absolute Gasteiger partial charge is 0.322 e. The Balaban J connectivity index is 1.40. The molecule has 2 aromatic rings. The van der Waals surface area contributed by atoms with Gasteiger partial charge in [-0.25, -0.2) is 13.6 Å². The Morgan fingerprint density at radius 1 is 1.00 bits per heavy atom. The van der Waals surface area contributed by atoms with Crippen molar-refractivity contribution in [3.8, 4) is 11.5 Å². The van der Waals surface area contributed by atoms with Crippen molar-refractivity contribution < 1.29 is 23.0 Å². The van der Waals surface area contributed by atoms with Crippen LogP contribution in [0.2, 0.25) is 0 Å². The van der Waals surface area contributed by atoms with Crippen LogP contribution in [0.4, 0.5) is 25.0 Å². The highest BCUT2D eigenvalue weighted by molar-refractivity contribution is 5.91.